The fourth-order valence-corrected chi connectivity index (χ4v) is 0.975. The molecule has 1 heterocycles. The van der Waals surface area contributed by atoms with Gasteiger partial charge < -0.3 is 4.74 Å². The SMILES string of the molecule is CCCCCOc1cccnc1. The molecule has 0 aliphatic rings. The third-order valence-corrected chi connectivity index (χ3v) is 1.65. The van der Waals surface area contributed by atoms with Gasteiger partial charge in [-0.25, -0.2) is 0 Å². The van der Waals surface area contributed by atoms with E-state index < -0.39 is 0 Å². The maximum Gasteiger partial charge on any atom is 0.137 e. The molecule has 66 valence electrons. The molecule has 0 aliphatic heterocycles. The molecule has 0 fully saturated rings. The standard InChI is InChI=1S/C10H15NO/c1-2-3-4-8-12-10-6-5-7-11-9-10/h5-7,9H,2-4,8H2,1H3. The Kier molecular flexibility index (Phi) is 4.21. The zero-order valence-electron chi connectivity index (χ0n) is 7.49. The fourth-order valence-electron chi connectivity index (χ4n) is 0.975. The van der Waals surface area contributed by atoms with Gasteiger partial charge in [-0.05, 0) is 18.6 Å². The molecule has 0 saturated heterocycles. The summed E-state index contributed by atoms with van der Waals surface area (Å²) < 4.78 is 5.45. The van der Waals surface area contributed by atoms with Crippen LogP contribution in [0.1, 0.15) is 26.2 Å². The molecule has 2 nitrogen and oxygen atoms in total. The zero-order chi connectivity index (χ0) is 8.65. The van der Waals surface area contributed by atoms with Crippen molar-refractivity contribution < 1.29 is 4.74 Å². The van der Waals surface area contributed by atoms with Crippen LogP contribution in [0.3, 0.4) is 0 Å². The lowest BCUT2D eigenvalue weighted by Gasteiger charge is -2.03. The van der Waals surface area contributed by atoms with Crippen molar-refractivity contribution in [3.63, 3.8) is 0 Å². The first-order valence-corrected chi connectivity index (χ1v) is 4.46. The molecule has 1 aromatic heterocycles. The van der Waals surface area contributed by atoms with Crippen LogP contribution in [0.25, 0.3) is 0 Å². The minimum absolute atomic E-state index is 0.805. The largest absolute Gasteiger partial charge is 0.492 e. The predicted molar refractivity (Wildman–Crippen MR) is 49.3 cm³/mol. The summed E-state index contributed by atoms with van der Waals surface area (Å²) in [5.74, 6) is 0.869. The summed E-state index contributed by atoms with van der Waals surface area (Å²) in [6, 6.07) is 3.81. The summed E-state index contributed by atoms with van der Waals surface area (Å²) >= 11 is 0. The lowest BCUT2D eigenvalue weighted by molar-refractivity contribution is 0.305. The monoisotopic (exact) mass is 165 g/mol. The van der Waals surface area contributed by atoms with Crippen LogP contribution in [0, 0.1) is 0 Å². The first-order chi connectivity index (χ1) is 5.93. The predicted octanol–water partition coefficient (Wildman–Crippen LogP) is 2.65. The van der Waals surface area contributed by atoms with Crippen LogP contribution in [-0.2, 0) is 0 Å². The molecule has 12 heavy (non-hydrogen) atoms. The summed E-state index contributed by atoms with van der Waals surface area (Å²) in [5.41, 5.74) is 0. The van der Waals surface area contributed by atoms with E-state index >= 15 is 0 Å². The van der Waals surface area contributed by atoms with E-state index in [9.17, 15) is 0 Å². The third kappa shape index (κ3) is 3.37. The quantitative estimate of drug-likeness (QED) is 0.626. The van der Waals surface area contributed by atoms with E-state index in [-0.39, 0.29) is 0 Å². The molecular formula is C10H15NO. The van der Waals surface area contributed by atoms with Crippen LogP contribution >= 0.6 is 0 Å². The van der Waals surface area contributed by atoms with Gasteiger partial charge in [-0.15, -0.1) is 0 Å². The second-order valence-corrected chi connectivity index (χ2v) is 2.74. The van der Waals surface area contributed by atoms with Crippen LogP contribution in [0.5, 0.6) is 5.75 Å². The summed E-state index contributed by atoms with van der Waals surface area (Å²) in [5, 5.41) is 0. The van der Waals surface area contributed by atoms with Gasteiger partial charge in [-0.1, -0.05) is 19.8 Å². The van der Waals surface area contributed by atoms with Gasteiger partial charge in [0, 0.05) is 6.20 Å². The minimum Gasteiger partial charge on any atom is -0.492 e. The highest BCUT2D eigenvalue weighted by atomic mass is 16.5. The average molecular weight is 165 g/mol. The van der Waals surface area contributed by atoms with Crippen molar-refractivity contribution in [2.45, 2.75) is 26.2 Å². The molecule has 0 amide bonds. The molecule has 0 radical (unpaired) electrons. The maximum atomic E-state index is 5.45. The van der Waals surface area contributed by atoms with E-state index in [0.29, 0.717) is 0 Å². The number of aromatic nitrogens is 1. The van der Waals surface area contributed by atoms with Crippen molar-refractivity contribution in [3.8, 4) is 5.75 Å². The van der Waals surface area contributed by atoms with Crippen molar-refractivity contribution in [1.82, 2.24) is 4.98 Å². The molecule has 0 saturated carbocycles. The van der Waals surface area contributed by atoms with E-state index in [0.717, 1.165) is 18.8 Å². The zero-order valence-corrected chi connectivity index (χ0v) is 7.49. The molecule has 1 aromatic rings. The minimum atomic E-state index is 0.805. The summed E-state index contributed by atoms with van der Waals surface area (Å²) in [7, 11) is 0. The van der Waals surface area contributed by atoms with Gasteiger partial charge in [0.15, 0.2) is 0 Å². The number of hydrogen-bond donors (Lipinski definition) is 0. The molecule has 0 atom stereocenters. The molecule has 0 spiro atoms. The van der Waals surface area contributed by atoms with E-state index in [4.69, 9.17) is 4.74 Å². The van der Waals surface area contributed by atoms with E-state index in [1.165, 1.54) is 12.8 Å². The van der Waals surface area contributed by atoms with E-state index in [1.54, 1.807) is 12.4 Å². The lowest BCUT2D eigenvalue weighted by atomic mass is 10.3. The number of nitrogens with zero attached hydrogens (tertiary/aromatic N) is 1. The molecule has 0 bridgehead atoms. The number of hydrogen-bond acceptors (Lipinski definition) is 2. The Morgan fingerprint density at radius 3 is 3.00 bits per heavy atom. The molecule has 0 aliphatic carbocycles. The van der Waals surface area contributed by atoms with Gasteiger partial charge in [0.2, 0.25) is 0 Å². The van der Waals surface area contributed by atoms with Crippen LogP contribution in [-0.4, -0.2) is 11.6 Å². The topological polar surface area (TPSA) is 22.1 Å². The van der Waals surface area contributed by atoms with Crippen LogP contribution in [0.15, 0.2) is 24.5 Å². The van der Waals surface area contributed by atoms with Crippen LogP contribution in [0.4, 0.5) is 0 Å². The van der Waals surface area contributed by atoms with Gasteiger partial charge in [0.05, 0.1) is 12.8 Å². The Balaban J connectivity index is 2.16. The summed E-state index contributed by atoms with van der Waals surface area (Å²) in [6.07, 6.45) is 7.09. The second-order valence-electron chi connectivity index (χ2n) is 2.74. The Morgan fingerprint density at radius 2 is 2.33 bits per heavy atom. The van der Waals surface area contributed by atoms with Crippen molar-refractivity contribution in [2.24, 2.45) is 0 Å². The Labute approximate surface area is 73.6 Å². The molecule has 0 N–H and O–H groups in total. The number of unbranched alkanes of at least 4 members (excludes halogenated alkanes) is 2. The summed E-state index contributed by atoms with van der Waals surface area (Å²) in [4.78, 5) is 3.96. The lowest BCUT2D eigenvalue weighted by Crippen LogP contribution is -1.96. The van der Waals surface area contributed by atoms with Crippen molar-refractivity contribution in [1.29, 1.82) is 0 Å². The van der Waals surface area contributed by atoms with Crippen molar-refractivity contribution >= 4 is 0 Å². The Hall–Kier alpha value is -1.05. The maximum absolute atomic E-state index is 5.45. The van der Waals surface area contributed by atoms with Crippen LogP contribution in [0.2, 0.25) is 0 Å². The Morgan fingerprint density at radius 1 is 1.42 bits per heavy atom. The van der Waals surface area contributed by atoms with Gasteiger partial charge in [0.25, 0.3) is 0 Å². The van der Waals surface area contributed by atoms with E-state index in [1.807, 2.05) is 12.1 Å². The highest BCUT2D eigenvalue weighted by Crippen LogP contribution is 2.06. The molecule has 1 rings (SSSR count). The number of pyridine rings is 1. The molecule has 2 heteroatoms. The van der Waals surface area contributed by atoms with E-state index in [2.05, 4.69) is 11.9 Å². The van der Waals surface area contributed by atoms with Crippen molar-refractivity contribution in [3.05, 3.63) is 24.5 Å². The normalized spacial score (nSPS) is 9.75. The third-order valence-electron chi connectivity index (χ3n) is 1.65. The number of ether oxygens (including phenoxy) is 1. The number of rotatable bonds is 5. The first-order valence-electron chi connectivity index (χ1n) is 4.46. The van der Waals surface area contributed by atoms with Gasteiger partial charge in [-0.3, -0.25) is 4.98 Å². The highest BCUT2D eigenvalue weighted by Gasteiger charge is 1.90. The Bertz CT molecular complexity index is 198. The molecule has 0 unspecified atom stereocenters. The first kappa shape index (κ1) is 9.04. The summed E-state index contributed by atoms with van der Waals surface area (Å²) in [6.45, 7) is 2.99. The molecular weight excluding hydrogens is 150 g/mol. The fraction of sp³-hybridized carbons (Fsp3) is 0.500. The van der Waals surface area contributed by atoms with Gasteiger partial charge in [-0.2, -0.15) is 0 Å². The van der Waals surface area contributed by atoms with Gasteiger partial charge >= 0.3 is 0 Å². The second kappa shape index (κ2) is 5.58. The average Bonchev–Trinajstić information content (AvgIpc) is 2.14. The smallest absolute Gasteiger partial charge is 0.137 e. The van der Waals surface area contributed by atoms with Crippen molar-refractivity contribution in [2.75, 3.05) is 6.61 Å². The van der Waals surface area contributed by atoms with Crippen LogP contribution < -0.4 is 4.74 Å². The van der Waals surface area contributed by atoms with Gasteiger partial charge in [0.1, 0.15) is 5.75 Å². The highest BCUT2D eigenvalue weighted by molar-refractivity contribution is 5.15. The molecule has 0 aromatic carbocycles.